The van der Waals surface area contributed by atoms with Crippen molar-refractivity contribution in [2.75, 3.05) is 0 Å². The number of benzene rings is 1. The van der Waals surface area contributed by atoms with E-state index in [0.717, 1.165) is 17.9 Å². The summed E-state index contributed by atoms with van der Waals surface area (Å²) >= 11 is 3.13. The maximum absolute atomic E-state index is 13.2. The van der Waals surface area contributed by atoms with E-state index >= 15 is 0 Å². The third-order valence-corrected chi connectivity index (χ3v) is 3.30. The summed E-state index contributed by atoms with van der Waals surface area (Å²) < 4.78 is 13.7. The second kappa shape index (κ2) is 5.28. The first-order valence-electron chi connectivity index (χ1n) is 4.87. The van der Waals surface area contributed by atoms with Crippen molar-refractivity contribution in [3.05, 3.63) is 34.1 Å². The molecule has 2 rings (SSSR count). The minimum absolute atomic E-state index is 0. The fourth-order valence-corrected chi connectivity index (χ4v) is 1.84. The molecule has 1 aromatic rings. The highest BCUT2D eigenvalue weighted by atomic mass is 79.9. The Morgan fingerprint density at radius 3 is 2.67 bits per heavy atom. The van der Waals surface area contributed by atoms with E-state index in [-0.39, 0.29) is 24.3 Å². The van der Waals surface area contributed by atoms with E-state index in [1.54, 1.807) is 6.07 Å². The summed E-state index contributed by atoms with van der Waals surface area (Å²) in [7, 11) is 0. The smallest absolute Gasteiger partial charge is 0.137 e. The predicted molar refractivity (Wildman–Crippen MR) is 65.6 cm³/mol. The van der Waals surface area contributed by atoms with Crippen LogP contribution >= 0.6 is 28.3 Å². The van der Waals surface area contributed by atoms with Crippen LogP contribution in [0.15, 0.2) is 22.7 Å². The van der Waals surface area contributed by atoms with Crippen LogP contribution in [0.4, 0.5) is 4.39 Å². The molecule has 1 aromatic carbocycles. The monoisotopic (exact) mass is 293 g/mol. The summed E-state index contributed by atoms with van der Waals surface area (Å²) in [5.41, 5.74) is 6.87. The predicted octanol–water partition coefficient (Wildman–Crippen LogP) is 3.81. The Morgan fingerprint density at radius 2 is 2.13 bits per heavy atom. The Balaban J connectivity index is 0.00000112. The van der Waals surface area contributed by atoms with Crippen LogP contribution < -0.4 is 5.73 Å². The molecule has 1 aliphatic rings. The molecule has 0 amide bonds. The zero-order chi connectivity index (χ0) is 10.1. The van der Waals surface area contributed by atoms with Gasteiger partial charge < -0.3 is 5.73 Å². The highest BCUT2D eigenvalue weighted by molar-refractivity contribution is 9.10. The molecule has 4 heteroatoms. The van der Waals surface area contributed by atoms with Crippen molar-refractivity contribution in [2.24, 2.45) is 11.7 Å². The molecule has 84 valence electrons. The number of rotatable bonds is 3. The molecule has 0 bridgehead atoms. The molecule has 0 unspecified atom stereocenters. The maximum Gasteiger partial charge on any atom is 0.137 e. The van der Waals surface area contributed by atoms with Gasteiger partial charge in [-0.2, -0.15) is 0 Å². The van der Waals surface area contributed by atoms with Crippen LogP contribution in [0.5, 0.6) is 0 Å². The Kier molecular flexibility index (Phi) is 4.56. The molecule has 1 fully saturated rings. The molecular formula is C11H14BrClFN. The molecule has 0 heterocycles. The fraction of sp³-hybridized carbons (Fsp3) is 0.455. The van der Waals surface area contributed by atoms with Gasteiger partial charge in [0.2, 0.25) is 0 Å². The molecule has 1 aliphatic carbocycles. The van der Waals surface area contributed by atoms with Gasteiger partial charge in [-0.05, 0) is 46.0 Å². The summed E-state index contributed by atoms with van der Waals surface area (Å²) in [6.07, 6.45) is 3.56. The number of hydrogen-bond donors (Lipinski definition) is 1. The molecular weight excluding hydrogens is 280 g/mol. The molecule has 0 aliphatic heterocycles. The second-order valence-corrected chi connectivity index (χ2v) is 4.81. The van der Waals surface area contributed by atoms with Gasteiger partial charge in [-0.3, -0.25) is 0 Å². The van der Waals surface area contributed by atoms with E-state index in [9.17, 15) is 4.39 Å². The zero-order valence-electron chi connectivity index (χ0n) is 8.25. The van der Waals surface area contributed by atoms with Crippen LogP contribution in [0, 0.1) is 11.7 Å². The maximum atomic E-state index is 13.2. The van der Waals surface area contributed by atoms with Gasteiger partial charge in [-0.15, -0.1) is 12.4 Å². The van der Waals surface area contributed by atoms with Gasteiger partial charge >= 0.3 is 0 Å². The fourth-order valence-electron chi connectivity index (χ4n) is 1.59. The molecule has 15 heavy (non-hydrogen) atoms. The van der Waals surface area contributed by atoms with E-state index in [2.05, 4.69) is 15.9 Å². The molecule has 2 N–H and O–H groups in total. The SMILES string of the molecule is Cl.N[C@@H](CC1CC1)c1ccc(Br)c(F)c1. The van der Waals surface area contributed by atoms with E-state index < -0.39 is 0 Å². The molecule has 0 aromatic heterocycles. The lowest BCUT2D eigenvalue weighted by Crippen LogP contribution is -2.11. The van der Waals surface area contributed by atoms with Gasteiger partial charge in [0.25, 0.3) is 0 Å². The standard InChI is InChI=1S/C11H13BrFN.ClH/c12-9-4-3-8(6-10(9)13)11(14)5-7-1-2-7;/h3-4,6-7,11H,1-2,5,14H2;1H/t11-;/m0./s1. The third kappa shape index (κ3) is 3.44. The van der Waals surface area contributed by atoms with Gasteiger partial charge in [-0.25, -0.2) is 4.39 Å². The average Bonchev–Trinajstić information content (AvgIpc) is 2.93. The second-order valence-electron chi connectivity index (χ2n) is 3.96. The minimum Gasteiger partial charge on any atom is -0.324 e. The number of nitrogens with two attached hydrogens (primary N) is 1. The number of halogens is 3. The lowest BCUT2D eigenvalue weighted by molar-refractivity contribution is 0.581. The van der Waals surface area contributed by atoms with Gasteiger partial charge in [0.05, 0.1) is 4.47 Å². The first-order valence-corrected chi connectivity index (χ1v) is 5.66. The Bertz CT molecular complexity index is 341. The third-order valence-electron chi connectivity index (χ3n) is 2.66. The van der Waals surface area contributed by atoms with Crippen molar-refractivity contribution in [3.8, 4) is 0 Å². The highest BCUT2D eigenvalue weighted by Crippen LogP contribution is 2.37. The summed E-state index contributed by atoms with van der Waals surface area (Å²) in [5, 5.41) is 0. The Hall–Kier alpha value is -0.120. The Labute approximate surface area is 104 Å². The molecule has 0 spiro atoms. The lowest BCUT2D eigenvalue weighted by atomic mass is 10.0. The van der Waals surface area contributed by atoms with Crippen LogP contribution in [-0.4, -0.2) is 0 Å². The van der Waals surface area contributed by atoms with E-state index in [0.29, 0.717) is 4.47 Å². The van der Waals surface area contributed by atoms with Crippen molar-refractivity contribution >= 4 is 28.3 Å². The molecule has 1 nitrogen and oxygen atoms in total. The van der Waals surface area contributed by atoms with Crippen molar-refractivity contribution < 1.29 is 4.39 Å². The Morgan fingerprint density at radius 1 is 1.47 bits per heavy atom. The minimum atomic E-state index is -0.228. The highest BCUT2D eigenvalue weighted by Gasteiger charge is 2.24. The summed E-state index contributed by atoms with van der Waals surface area (Å²) in [4.78, 5) is 0. The number of hydrogen-bond acceptors (Lipinski definition) is 1. The topological polar surface area (TPSA) is 26.0 Å². The van der Waals surface area contributed by atoms with Crippen LogP contribution in [0.1, 0.15) is 30.9 Å². The van der Waals surface area contributed by atoms with Crippen LogP contribution in [0.2, 0.25) is 0 Å². The largest absolute Gasteiger partial charge is 0.324 e. The first-order chi connectivity index (χ1) is 6.66. The average molecular weight is 295 g/mol. The lowest BCUT2D eigenvalue weighted by Gasteiger charge is -2.11. The summed E-state index contributed by atoms with van der Waals surface area (Å²) in [6.45, 7) is 0. The van der Waals surface area contributed by atoms with Gasteiger partial charge in [-0.1, -0.05) is 18.9 Å². The van der Waals surface area contributed by atoms with E-state index in [1.807, 2.05) is 6.07 Å². The molecule has 1 saturated carbocycles. The van der Waals surface area contributed by atoms with Crippen LogP contribution in [-0.2, 0) is 0 Å². The molecule has 0 saturated heterocycles. The quantitative estimate of drug-likeness (QED) is 0.901. The van der Waals surface area contributed by atoms with Gasteiger partial charge in [0.15, 0.2) is 0 Å². The van der Waals surface area contributed by atoms with Gasteiger partial charge in [0.1, 0.15) is 5.82 Å². The van der Waals surface area contributed by atoms with Crippen LogP contribution in [0.3, 0.4) is 0 Å². The van der Waals surface area contributed by atoms with Crippen molar-refractivity contribution in [1.82, 2.24) is 0 Å². The van der Waals surface area contributed by atoms with Crippen LogP contribution in [0.25, 0.3) is 0 Å². The first kappa shape index (κ1) is 12.9. The molecule has 0 radical (unpaired) electrons. The normalized spacial score (nSPS) is 17.0. The summed E-state index contributed by atoms with van der Waals surface area (Å²) in [5.74, 6) is 0.547. The van der Waals surface area contributed by atoms with E-state index in [1.165, 1.54) is 18.9 Å². The van der Waals surface area contributed by atoms with Crippen molar-refractivity contribution in [3.63, 3.8) is 0 Å². The summed E-state index contributed by atoms with van der Waals surface area (Å²) in [6, 6.07) is 5.12. The van der Waals surface area contributed by atoms with Crippen molar-refractivity contribution in [1.29, 1.82) is 0 Å². The van der Waals surface area contributed by atoms with Gasteiger partial charge in [0, 0.05) is 6.04 Å². The van der Waals surface area contributed by atoms with Crippen molar-refractivity contribution in [2.45, 2.75) is 25.3 Å². The zero-order valence-corrected chi connectivity index (χ0v) is 10.7. The van der Waals surface area contributed by atoms with E-state index in [4.69, 9.17) is 5.73 Å². The molecule has 1 atom stereocenters.